The van der Waals surface area contributed by atoms with Gasteiger partial charge < -0.3 is 4.74 Å². The van der Waals surface area contributed by atoms with E-state index in [0.717, 1.165) is 17.4 Å². The standard InChI is InChI=1S/C15H19ClO/c1-11(2)12(3)17-10-15(7-8-15)13-5-4-6-14(16)9-13/h4-6,9,11H,3,7-8,10H2,1-2H3. The van der Waals surface area contributed by atoms with Crippen LogP contribution in [0.15, 0.2) is 36.6 Å². The van der Waals surface area contributed by atoms with E-state index in [9.17, 15) is 0 Å². The highest BCUT2D eigenvalue weighted by molar-refractivity contribution is 6.30. The molecule has 0 aromatic heterocycles. The first-order valence-corrected chi connectivity index (χ1v) is 6.49. The maximum Gasteiger partial charge on any atom is 0.0973 e. The van der Waals surface area contributed by atoms with Crippen molar-refractivity contribution >= 4 is 11.6 Å². The van der Waals surface area contributed by atoms with Crippen molar-refractivity contribution in [2.75, 3.05) is 6.61 Å². The van der Waals surface area contributed by atoms with Crippen molar-refractivity contribution in [2.45, 2.75) is 32.1 Å². The van der Waals surface area contributed by atoms with E-state index in [1.54, 1.807) is 0 Å². The van der Waals surface area contributed by atoms with Gasteiger partial charge in [0.2, 0.25) is 0 Å². The number of hydrogen-bond acceptors (Lipinski definition) is 1. The van der Waals surface area contributed by atoms with Gasteiger partial charge in [-0.2, -0.15) is 0 Å². The van der Waals surface area contributed by atoms with Crippen molar-refractivity contribution in [3.05, 3.63) is 47.2 Å². The molecule has 2 rings (SSSR count). The van der Waals surface area contributed by atoms with Gasteiger partial charge in [-0.25, -0.2) is 0 Å². The Balaban J connectivity index is 2.03. The SMILES string of the molecule is C=C(OCC1(c2cccc(Cl)c2)CC1)C(C)C. The van der Waals surface area contributed by atoms with Crippen LogP contribution in [-0.4, -0.2) is 6.61 Å². The lowest BCUT2D eigenvalue weighted by Gasteiger charge is -2.19. The molecule has 17 heavy (non-hydrogen) atoms. The molecule has 92 valence electrons. The molecule has 0 spiro atoms. The summed E-state index contributed by atoms with van der Waals surface area (Å²) in [6.07, 6.45) is 2.36. The fraction of sp³-hybridized carbons (Fsp3) is 0.467. The molecule has 0 amide bonds. The molecule has 1 aliphatic carbocycles. The van der Waals surface area contributed by atoms with E-state index < -0.39 is 0 Å². The Hall–Kier alpha value is -0.950. The van der Waals surface area contributed by atoms with Crippen molar-refractivity contribution in [1.82, 2.24) is 0 Å². The highest BCUT2D eigenvalue weighted by atomic mass is 35.5. The number of rotatable bonds is 5. The molecule has 1 aromatic rings. The van der Waals surface area contributed by atoms with E-state index in [2.05, 4.69) is 32.6 Å². The zero-order valence-corrected chi connectivity index (χ0v) is 11.3. The van der Waals surface area contributed by atoms with Crippen molar-refractivity contribution in [3.63, 3.8) is 0 Å². The summed E-state index contributed by atoms with van der Waals surface area (Å²) in [5.74, 6) is 1.25. The molecule has 1 fully saturated rings. The maximum atomic E-state index is 6.03. The fourth-order valence-corrected chi connectivity index (χ4v) is 2.07. The zero-order valence-electron chi connectivity index (χ0n) is 10.5. The van der Waals surface area contributed by atoms with Crippen molar-refractivity contribution in [3.8, 4) is 0 Å². The van der Waals surface area contributed by atoms with Gasteiger partial charge in [-0.3, -0.25) is 0 Å². The molecule has 1 aromatic carbocycles. The Bertz CT molecular complexity index is 419. The van der Waals surface area contributed by atoms with E-state index in [1.165, 1.54) is 18.4 Å². The number of ether oxygens (including phenoxy) is 1. The third kappa shape index (κ3) is 2.84. The summed E-state index contributed by atoms with van der Waals surface area (Å²) < 4.78 is 5.79. The topological polar surface area (TPSA) is 9.23 Å². The van der Waals surface area contributed by atoms with Crippen LogP contribution in [0.3, 0.4) is 0 Å². The van der Waals surface area contributed by atoms with Crippen LogP contribution in [-0.2, 0) is 10.2 Å². The summed E-state index contributed by atoms with van der Waals surface area (Å²) in [5.41, 5.74) is 1.48. The van der Waals surface area contributed by atoms with Crippen LogP contribution in [0, 0.1) is 5.92 Å². The van der Waals surface area contributed by atoms with E-state index in [1.807, 2.05) is 12.1 Å². The Morgan fingerprint density at radius 1 is 1.47 bits per heavy atom. The first kappa shape index (κ1) is 12.5. The molecule has 0 bridgehead atoms. The van der Waals surface area contributed by atoms with Gasteiger partial charge in [0.15, 0.2) is 0 Å². The quantitative estimate of drug-likeness (QED) is 0.697. The number of allylic oxidation sites excluding steroid dienone is 1. The first-order chi connectivity index (χ1) is 8.03. The molecule has 0 saturated heterocycles. The summed E-state index contributed by atoms with van der Waals surface area (Å²) in [4.78, 5) is 0. The molecule has 0 unspecified atom stereocenters. The highest BCUT2D eigenvalue weighted by Crippen LogP contribution is 2.49. The second-order valence-corrected chi connectivity index (χ2v) is 5.64. The fourth-order valence-electron chi connectivity index (χ4n) is 1.88. The molecule has 0 N–H and O–H groups in total. The molecular formula is C15H19ClO. The van der Waals surface area contributed by atoms with Crippen LogP contribution in [0.2, 0.25) is 5.02 Å². The Kier molecular flexibility index (Phi) is 3.48. The van der Waals surface area contributed by atoms with Crippen LogP contribution >= 0.6 is 11.6 Å². The minimum absolute atomic E-state index is 0.183. The van der Waals surface area contributed by atoms with Gasteiger partial charge in [0, 0.05) is 16.4 Å². The third-order valence-electron chi connectivity index (χ3n) is 3.47. The predicted molar refractivity (Wildman–Crippen MR) is 72.3 cm³/mol. The van der Waals surface area contributed by atoms with Gasteiger partial charge in [0.25, 0.3) is 0 Å². The highest BCUT2D eigenvalue weighted by Gasteiger charge is 2.45. The largest absolute Gasteiger partial charge is 0.497 e. The van der Waals surface area contributed by atoms with Crippen LogP contribution in [0.5, 0.6) is 0 Å². The van der Waals surface area contributed by atoms with Crippen LogP contribution < -0.4 is 0 Å². The van der Waals surface area contributed by atoms with Crippen LogP contribution in [0.25, 0.3) is 0 Å². The second kappa shape index (κ2) is 4.73. The normalized spacial score (nSPS) is 16.9. The Morgan fingerprint density at radius 3 is 2.71 bits per heavy atom. The molecule has 0 radical (unpaired) electrons. The minimum atomic E-state index is 0.183. The van der Waals surface area contributed by atoms with Gasteiger partial charge in [0.05, 0.1) is 12.4 Å². The summed E-state index contributed by atoms with van der Waals surface area (Å²) in [6, 6.07) is 8.11. The molecule has 0 aliphatic heterocycles. The second-order valence-electron chi connectivity index (χ2n) is 5.20. The first-order valence-electron chi connectivity index (χ1n) is 6.11. The molecule has 0 heterocycles. The molecule has 0 atom stereocenters. The van der Waals surface area contributed by atoms with Crippen molar-refractivity contribution in [1.29, 1.82) is 0 Å². The molecule has 2 heteroatoms. The summed E-state index contributed by atoms with van der Waals surface area (Å²) in [6.45, 7) is 8.87. The van der Waals surface area contributed by atoms with E-state index in [-0.39, 0.29) is 5.41 Å². The lowest BCUT2D eigenvalue weighted by molar-refractivity contribution is 0.162. The smallest absolute Gasteiger partial charge is 0.0973 e. The molecule has 1 aliphatic rings. The molecule has 1 saturated carbocycles. The third-order valence-corrected chi connectivity index (χ3v) is 3.70. The minimum Gasteiger partial charge on any atom is -0.497 e. The van der Waals surface area contributed by atoms with Crippen LogP contribution in [0.4, 0.5) is 0 Å². The van der Waals surface area contributed by atoms with Gasteiger partial charge in [-0.15, -0.1) is 0 Å². The number of halogens is 1. The van der Waals surface area contributed by atoms with E-state index >= 15 is 0 Å². The lowest BCUT2D eigenvalue weighted by atomic mass is 9.97. The number of hydrogen-bond donors (Lipinski definition) is 0. The average Bonchev–Trinajstić information content (AvgIpc) is 3.07. The summed E-state index contributed by atoms with van der Waals surface area (Å²) in [5, 5.41) is 0.802. The summed E-state index contributed by atoms with van der Waals surface area (Å²) in [7, 11) is 0. The van der Waals surface area contributed by atoms with Crippen molar-refractivity contribution < 1.29 is 4.74 Å². The Labute approximate surface area is 108 Å². The Morgan fingerprint density at radius 2 is 2.18 bits per heavy atom. The van der Waals surface area contributed by atoms with Gasteiger partial charge >= 0.3 is 0 Å². The van der Waals surface area contributed by atoms with Gasteiger partial charge in [-0.1, -0.05) is 44.2 Å². The van der Waals surface area contributed by atoms with Gasteiger partial charge in [0.1, 0.15) is 0 Å². The monoisotopic (exact) mass is 250 g/mol. The van der Waals surface area contributed by atoms with E-state index in [0.29, 0.717) is 5.92 Å². The van der Waals surface area contributed by atoms with Crippen molar-refractivity contribution in [2.24, 2.45) is 5.92 Å². The summed E-state index contributed by atoms with van der Waals surface area (Å²) >= 11 is 6.03. The molecule has 1 nitrogen and oxygen atoms in total. The lowest BCUT2D eigenvalue weighted by Crippen LogP contribution is -2.16. The average molecular weight is 251 g/mol. The molecular weight excluding hydrogens is 232 g/mol. The number of benzene rings is 1. The maximum absolute atomic E-state index is 6.03. The van der Waals surface area contributed by atoms with Gasteiger partial charge in [-0.05, 0) is 30.5 Å². The predicted octanol–water partition coefficient (Wildman–Crippen LogP) is 4.56. The van der Waals surface area contributed by atoms with Crippen LogP contribution in [0.1, 0.15) is 32.3 Å². The zero-order chi connectivity index (χ0) is 12.5. The van der Waals surface area contributed by atoms with E-state index in [4.69, 9.17) is 16.3 Å².